The zero-order valence-electron chi connectivity index (χ0n) is 13.4. The van der Waals surface area contributed by atoms with Gasteiger partial charge in [0.2, 0.25) is 0 Å². The second-order valence-electron chi connectivity index (χ2n) is 8.23. The summed E-state index contributed by atoms with van der Waals surface area (Å²) < 4.78 is 0. The van der Waals surface area contributed by atoms with E-state index in [0.29, 0.717) is 5.92 Å². The molecule has 5 heteroatoms. The molecule has 0 unspecified atom stereocenters. The molecule has 0 aromatic heterocycles. The summed E-state index contributed by atoms with van der Waals surface area (Å²) in [7, 11) is 0. The van der Waals surface area contributed by atoms with Crippen molar-refractivity contribution in [2.75, 3.05) is 19.6 Å². The van der Waals surface area contributed by atoms with E-state index in [9.17, 15) is 4.79 Å². The summed E-state index contributed by atoms with van der Waals surface area (Å²) in [5.41, 5.74) is 0.146. The largest absolute Gasteiger partial charge is 0.338 e. The molecule has 126 valence electrons. The molecule has 4 aliphatic carbocycles. The Balaban J connectivity index is 0.00000144. The number of nitrogens with one attached hydrogen (secondary N) is 3. The number of rotatable bonds is 3. The number of halogens is 1. The summed E-state index contributed by atoms with van der Waals surface area (Å²) in [5, 5.41) is 9.93. The van der Waals surface area contributed by atoms with E-state index in [4.69, 9.17) is 0 Å². The van der Waals surface area contributed by atoms with Crippen LogP contribution in [0.3, 0.4) is 0 Å². The van der Waals surface area contributed by atoms with Gasteiger partial charge in [-0.3, -0.25) is 0 Å². The molecular weight excluding hydrogens is 298 g/mol. The molecule has 1 saturated heterocycles. The fraction of sp³-hybridized carbons (Fsp3) is 0.941. The van der Waals surface area contributed by atoms with E-state index < -0.39 is 0 Å². The molecule has 0 aromatic rings. The zero-order valence-corrected chi connectivity index (χ0v) is 14.2. The van der Waals surface area contributed by atoms with Gasteiger partial charge < -0.3 is 16.0 Å². The molecule has 22 heavy (non-hydrogen) atoms. The van der Waals surface area contributed by atoms with Gasteiger partial charge in [-0.2, -0.15) is 0 Å². The first-order valence-electron chi connectivity index (χ1n) is 8.97. The van der Waals surface area contributed by atoms with Crippen LogP contribution < -0.4 is 16.0 Å². The van der Waals surface area contributed by atoms with E-state index in [2.05, 4.69) is 16.0 Å². The monoisotopic (exact) mass is 327 g/mol. The predicted octanol–water partition coefficient (Wildman–Crippen LogP) is 2.68. The van der Waals surface area contributed by atoms with Crippen LogP contribution in [0, 0.1) is 23.7 Å². The lowest BCUT2D eigenvalue weighted by atomic mass is 9.53. The molecule has 1 aliphatic heterocycles. The van der Waals surface area contributed by atoms with Crippen molar-refractivity contribution in [1.82, 2.24) is 16.0 Å². The maximum Gasteiger partial charge on any atom is 0.315 e. The third kappa shape index (κ3) is 3.38. The van der Waals surface area contributed by atoms with Crippen molar-refractivity contribution >= 4 is 18.4 Å². The molecule has 3 N–H and O–H groups in total. The van der Waals surface area contributed by atoms with Crippen LogP contribution in [0.15, 0.2) is 0 Å². The number of carbonyl (C=O) groups is 1. The number of piperidine rings is 1. The average Bonchev–Trinajstić information content (AvgIpc) is 2.44. The first-order valence-corrected chi connectivity index (χ1v) is 8.97. The highest BCUT2D eigenvalue weighted by Gasteiger charge is 2.51. The van der Waals surface area contributed by atoms with E-state index in [1.165, 1.54) is 51.4 Å². The van der Waals surface area contributed by atoms with Crippen LogP contribution in [-0.2, 0) is 0 Å². The van der Waals surface area contributed by atoms with E-state index >= 15 is 0 Å². The van der Waals surface area contributed by atoms with Gasteiger partial charge in [0, 0.05) is 12.1 Å². The summed E-state index contributed by atoms with van der Waals surface area (Å²) in [6, 6.07) is 0.0930. The molecule has 5 fully saturated rings. The molecule has 5 aliphatic rings. The third-order valence-corrected chi connectivity index (χ3v) is 6.43. The summed E-state index contributed by atoms with van der Waals surface area (Å²) in [5.74, 6) is 3.33. The maximum atomic E-state index is 12.3. The van der Waals surface area contributed by atoms with Gasteiger partial charge in [0.05, 0.1) is 0 Å². The van der Waals surface area contributed by atoms with Gasteiger partial charge in [0.1, 0.15) is 0 Å². The molecular formula is C17H30ClN3O. The SMILES string of the molecule is Cl.O=C(NCC1CCNCC1)NC12CC3CC(CC(C3)C1)C2. The Bertz CT molecular complexity index is 373. The van der Waals surface area contributed by atoms with Crippen molar-refractivity contribution in [3.05, 3.63) is 0 Å². The second-order valence-corrected chi connectivity index (χ2v) is 8.23. The summed E-state index contributed by atoms with van der Waals surface area (Å²) >= 11 is 0. The van der Waals surface area contributed by atoms with E-state index in [1.807, 2.05) is 0 Å². The Labute approximate surface area is 140 Å². The molecule has 4 saturated carbocycles. The Morgan fingerprint density at radius 1 is 1.00 bits per heavy atom. The van der Waals surface area contributed by atoms with Crippen molar-refractivity contribution in [1.29, 1.82) is 0 Å². The summed E-state index contributed by atoms with van der Waals surface area (Å²) in [4.78, 5) is 12.3. The van der Waals surface area contributed by atoms with Crippen molar-refractivity contribution in [3.63, 3.8) is 0 Å². The molecule has 4 nitrogen and oxygen atoms in total. The highest BCUT2D eigenvalue weighted by Crippen LogP contribution is 2.55. The van der Waals surface area contributed by atoms with Gasteiger partial charge in [-0.25, -0.2) is 4.79 Å². The molecule has 0 spiro atoms. The predicted molar refractivity (Wildman–Crippen MR) is 90.3 cm³/mol. The van der Waals surface area contributed by atoms with Crippen molar-refractivity contribution in [2.45, 2.75) is 56.9 Å². The molecule has 0 radical (unpaired) electrons. The second kappa shape index (κ2) is 6.56. The molecule has 0 aromatic carbocycles. The van der Waals surface area contributed by atoms with E-state index in [1.54, 1.807) is 0 Å². The van der Waals surface area contributed by atoms with Gasteiger partial charge in [0.15, 0.2) is 0 Å². The standard InChI is InChI=1S/C17H29N3O.ClH/c21-16(19-11-12-1-3-18-4-2-12)20-17-8-13-5-14(9-17)7-15(6-13)10-17;/h12-15,18H,1-11H2,(H2,19,20,21);1H. The van der Waals surface area contributed by atoms with Gasteiger partial charge in [0.25, 0.3) is 0 Å². The van der Waals surface area contributed by atoms with Crippen LogP contribution in [0.1, 0.15) is 51.4 Å². The Morgan fingerprint density at radius 2 is 1.55 bits per heavy atom. The molecule has 5 rings (SSSR count). The zero-order chi connectivity index (χ0) is 14.3. The number of urea groups is 1. The number of hydrogen-bond acceptors (Lipinski definition) is 2. The van der Waals surface area contributed by atoms with Crippen LogP contribution >= 0.6 is 12.4 Å². The normalized spacial score (nSPS) is 40.1. The van der Waals surface area contributed by atoms with Gasteiger partial charge in [-0.1, -0.05) is 0 Å². The fourth-order valence-electron chi connectivity index (χ4n) is 5.87. The first-order chi connectivity index (χ1) is 10.2. The van der Waals surface area contributed by atoms with E-state index in [0.717, 1.165) is 37.4 Å². The lowest BCUT2D eigenvalue weighted by Crippen LogP contribution is -2.61. The summed E-state index contributed by atoms with van der Waals surface area (Å²) in [6.45, 7) is 3.05. The molecule has 4 bridgehead atoms. The minimum Gasteiger partial charge on any atom is -0.338 e. The van der Waals surface area contributed by atoms with Crippen LogP contribution in [0.2, 0.25) is 0 Å². The lowest BCUT2D eigenvalue weighted by Gasteiger charge is -2.56. The van der Waals surface area contributed by atoms with Crippen molar-refractivity contribution < 1.29 is 4.79 Å². The quantitative estimate of drug-likeness (QED) is 0.746. The minimum absolute atomic E-state index is 0. The van der Waals surface area contributed by atoms with Gasteiger partial charge >= 0.3 is 6.03 Å². The Morgan fingerprint density at radius 3 is 2.09 bits per heavy atom. The Hall–Kier alpha value is -0.480. The highest BCUT2D eigenvalue weighted by molar-refractivity contribution is 5.85. The molecule has 2 amide bonds. The third-order valence-electron chi connectivity index (χ3n) is 6.43. The number of hydrogen-bond donors (Lipinski definition) is 3. The van der Waals surface area contributed by atoms with E-state index in [-0.39, 0.29) is 24.0 Å². The highest BCUT2D eigenvalue weighted by atomic mass is 35.5. The van der Waals surface area contributed by atoms with Gasteiger partial charge in [-0.15, -0.1) is 12.4 Å². The van der Waals surface area contributed by atoms with Crippen molar-refractivity contribution in [3.8, 4) is 0 Å². The molecule has 1 heterocycles. The first kappa shape index (κ1) is 16.4. The fourth-order valence-corrected chi connectivity index (χ4v) is 5.87. The molecule has 0 atom stereocenters. The van der Waals surface area contributed by atoms with Crippen LogP contribution in [-0.4, -0.2) is 31.2 Å². The van der Waals surface area contributed by atoms with Crippen LogP contribution in [0.25, 0.3) is 0 Å². The number of amides is 2. The lowest BCUT2D eigenvalue weighted by molar-refractivity contribution is -0.0135. The smallest absolute Gasteiger partial charge is 0.315 e. The topological polar surface area (TPSA) is 53.2 Å². The average molecular weight is 328 g/mol. The maximum absolute atomic E-state index is 12.3. The van der Waals surface area contributed by atoms with Gasteiger partial charge in [-0.05, 0) is 88.1 Å². The van der Waals surface area contributed by atoms with Crippen LogP contribution in [0.5, 0.6) is 0 Å². The minimum atomic E-state index is 0. The summed E-state index contributed by atoms with van der Waals surface area (Å²) in [6.07, 6.45) is 10.4. The van der Waals surface area contributed by atoms with Crippen molar-refractivity contribution in [2.24, 2.45) is 23.7 Å². The Kier molecular flexibility index (Phi) is 4.89. The van der Waals surface area contributed by atoms with Crippen LogP contribution in [0.4, 0.5) is 4.79 Å². The number of carbonyl (C=O) groups excluding carboxylic acids is 1.